The normalized spacial score (nSPS) is 16.6. The Morgan fingerprint density at radius 2 is 1.92 bits per heavy atom. The van der Waals surface area contributed by atoms with Gasteiger partial charge in [0.25, 0.3) is 0 Å². The quantitative estimate of drug-likeness (QED) is 0.380. The number of rotatable bonds is 6. The van der Waals surface area contributed by atoms with E-state index in [1.54, 1.807) is 7.05 Å². The average Bonchev–Trinajstić information content (AvgIpc) is 2.66. The monoisotopic (exact) mass is 472 g/mol. The van der Waals surface area contributed by atoms with Gasteiger partial charge in [-0.15, -0.1) is 24.0 Å². The van der Waals surface area contributed by atoms with Gasteiger partial charge in [0.15, 0.2) is 5.96 Å². The van der Waals surface area contributed by atoms with Crippen LogP contribution in [0, 0.1) is 5.92 Å². The van der Waals surface area contributed by atoms with Gasteiger partial charge >= 0.3 is 0 Å². The van der Waals surface area contributed by atoms with Crippen LogP contribution in [0.25, 0.3) is 0 Å². The van der Waals surface area contributed by atoms with Crippen molar-refractivity contribution in [3.8, 4) is 0 Å². The zero-order chi connectivity index (χ0) is 18.1. The molecule has 1 unspecified atom stereocenters. The lowest BCUT2D eigenvalue weighted by Gasteiger charge is -2.34. The van der Waals surface area contributed by atoms with Gasteiger partial charge in [0.2, 0.25) is 5.91 Å². The van der Waals surface area contributed by atoms with Gasteiger partial charge in [-0.3, -0.25) is 9.79 Å². The summed E-state index contributed by atoms with van der Waals surface area (Å²) in [7, 11) is 3.55. The van der Waals surface area contributed by atoms with Crippen molar-refractivity contribution in [1.29, 1.82) is 0 Å². The first-order valence-electron chi connectivity index (χ1n) is 9.35. The largest absolute Gasteiger partial charge is 0.359 e. The van der Waals surface area contributed by atoms with E-state index in [0.717, 1.165) is 44.9 Å². The summed E-state index contributed by atoms with van der Waals surface area (Å²) in [6.45, 7) is 5.12. The molecule has 1 aromatic rings. The average molecular weight is 472 g/mol. The minimum Gasteiger partial charge on any atom is -0.359 e. The van der Waals surface area contributed by atoms with Crippen molar-refractivity contribution in [3.05, 3.63) is 35.9 Å². The van der Waals surface area contributed by atoms with E-state index < -0.39 is 0 Å². The maximum atomic E-state index is 11.5. The van der Waals surface area contributed by atoms with E-state index in [4.69, 9.17) is 0 Å². The van der Waals surface area contributed by atoms with Crippen LogP contribution in [-0.4, -0.2) is 50.5 Å². The second kappa shape index (κ2) is 12.1. The van der Waals surface area contributed by atoms with Gasteiger partial charge < -0.3 is 15.5 Å². The lowest BCUT2D eigenvalue weighted by Crippen LogP contribution is -2.46. The van der Waals surface area contributed by atoms with Gasteiger partial charge in [-0.1, -0.05) is 37.3 Å². The summed E-state index contributed by atoms with van der Waals surface area (Å²) in [5.74, 6) is 2.16. The topological polar surface area (TPSA) is 56.7 Å². The van der Waals surface area contributed by atoms with Crippen LogP contribution >= 0.6 is 24.0 Å². The Morgan fingerprint density at radius 3 is 2.50 bits per heavy atom. The van der Waals surface area contributed by atoms with Crippen molar-refractivity contribution in [1.82, 2.24) is 15.5 Å². The second-order valence-electron chi connectivity index (χ2n) is 6.88. The summed E-state index contributed by atoms with van der Waals surface area (Å²) in [5.41, 5.74) is 1.38. The first-order valence-corrected chi connectivity index (χ1v) is 9.35. The third-order valence-electron chi connectivity index (χ3n) is 5.11. The number of amides is 1. The molecule has 1 atom stereocenters. The van der Waals surface area contributed by atoms with Crippen molar-refractivity contribution in [3.63, 3.8) is 0 Å². The highest BCUT2D eigenvalue weighted by Crippen LogP contribution is 2.21. The third kappa shape index (κ3) is 7.13. The predicted octanol–water partition coefficient (Wildman–Crippen LogP) is 3.22. The molecular formula is C20H33IN4O. The Labute approximate surface area is 175 Å². The molecule has 1 aliphatic heterocycles. The number of nitrogens with zero attached hydrogens (tertiary/aromatic N) is 2. The van der Waals surface area contributed by atoms with Crippen LogP contribution in [0.5, 0.6) is 0 Å². The van der Waals surface area contributed by atoms with Crippen LogP contribution in [0.2, 0.25) is 0 Å². The number of nitrogens with one attached hydrogen (secondary N) is 2. The molecule has 1 aromatic carbocycles. The van der Waals surface area contributed by atoms with E-state index in [1.807, 2.05) is 7.05 Å². The Bertz CT molecular complexity index is 556. The highest BCUT2D eigenvalue weighted by Gasteiger charge is 2.23. The zero-order valence-corrected chi connectivity index (χ0v) is 18.5. The number of halogens is 1. The fourth-order valence-corrected chi connectivity index (χ4v) is 3.39. The Balaban J connectivity index is 0.00000338. The molecule has 1 fully saturated rings. The van der Waals surface area contributed by atoms with Crippen LogP contribution in [0.3, 0.4) is 0 Å². The van der Waals surface area contributed by atoms with Gasteiger partial charge in [-0.05, 0) is 36.7 Å². The van der Waals surface area contributed by atoms with Crippen molar-refractivity contribution < 1.29 is 4.79 Å². The Hall–Kier alpha value is -1.31. The molecule has 26 heavy (non-hydrogen) atoms. The molecule has 6 heteroatoms. The van der Waals surface area contributed by atoms with E-state index in [1.165, 1.54) is 5.56 Å². The van der Waals surface area contributed by atoms with Crippen LogP contribution in [0.4, 0.5) is 0 Å². The van der Waals surface area contributed by atoms with Crippen LogP contribution in [0.15, 0.2) is 35.3 Å². The molecule has 0 aliphatic carbocycles. The lowest BCUT2D eigenvalue weighted by molar-refractivity contribution is -0.121. The number of carbonyl (C=O) groups is 1. The molecule has 2 rings (SSSR count). The highest BCUT2D eigenvalue weighted by atomic mass is 127. The van der Waals surface area contributed by atoms with E-state index in [-0.39, 0.29) is 29.9 Å². The van der Waals surface area contributed by atoms with Gasteiger partial charge in [-0.2, -0.15) is 0 Å². The van der Waals surface area contributed by atoms with Crippen molar-refractivity contribution in [2.45, 2.75) is 38.5 Å². The van der Waals surface area contributed by atoms with Crippen LogP contribution < -0.4 is 10.6 Å². The molecule has 0 aromatic heterocycles. The first-order chi connectivity index (χ1) is 12.1. The number of aliphatic imine (C=N–C) groups is 1. The van der Waals surface area contributed by atoms with E-state index in [2.05, 4.69) is 57.8 Å². The summed E-state index contributed by atoms with van der Waals surface area (Å²) < 4.78 is 0. The number of hydrogen-bond donors (Lipinski definition) is 2. The second-order valence-corrected chi connectivity index (χ2v) is 6.88. The number of hydrogen-bond acceptors (Lipinski definition) is 2. The van der Waals surface area contributed by atoms with Crippen molar-refractivity contribution >= 4 is 35.8 Å². The minimum absolute atomic E-state index is 0. The molecule has 0 bridgehead atoms. The van der Waals surface area contributed by atoms with Gasteiger partial charge in [0, 0.05) is 40.2 Å². The summed E-state index contributed by atoms with van der Waals surface area (Å²) in [4.78, 5) is 18.3. The fourth-order valence-electron chi connectivity index (χ4n) is 3.39. The van der Waals surface area contributed by atoms with Crippen molar-refractivity contribution in [2.24, 2.45) is 10.9 Å². The summed E-state index contributed by atoms with van der Waals surface area (Å²) in [5, 5.41) is 6.22. The summed E-state index contributed by atoms with van der Waals surface area (Å²) in [6.07, 6.45) is 3.82. The van der Waals surface area contributed by atoms with Crippen LogP contribution in [0.1, 0.15) is 44.1 Å². The molecule has 0 saturated carbocycles. The molecule has 1 saturated heterocycles. The van der Waals surface area contributed by atoms with E-state index in [9.17, 15) is 4.79 Å². The minimum atomic E-state index is 0. The summed E-state index contributed by atoms with van der Waals surface area (Å²) >= 11 is 0. The highest BCUT2D eigenvalue weighted by molar-refractivity contribution is 14.0. The molecule has 1 heterocycles. The molecular weight excluding hydrogens is 439 g/mol. The number of likely N-dealkylation sites (tertiary alicyclic amines) is 1. The molecule has 5 nitrogen and oxygen atoms in total. The predicted molar refractivity (Wildman–Crippen MR) is 119 cm³/mol. The number of piperidine rings is 1. The Kier molecular flexibility index (Phi) is 10.6. The molecule has 146 valence electrons. The Morgan fingerprint density at radius 1 is 1.27 bits per heavy atom. The smallest absolute Gasteiger partial charge is 0.220 e. The summed E-state index contributed by atoms with van der Waals surface area (Å²) in [6, 6.07) is 10.6. The van der Waals surface area contributed by atoms with Crippen molar-refractivity contribution in [2.75, 3.05) is 33.7 Å². The molecule has 2 N–H and O–H groups in total. The lowest BCUT2D eigenvalue weighted by atomic mass is 9.93. The molecule has 1 aliphatic rings. The van der Waals surface area contributed by atoms with E-state index >= 15 is 0 Å². The van der Waals surface area contributed by atoms with E-state index in [0.29, 0.717) is 18.3 Å². The SMILES string of the molecule is CN=C(NCCC(C)c1ccccc1)N1CCC(CC(=O)NC)CC1.I. The maximum Gasteiger partial charge on any atom is 0.220 e. The number of benzene rings is 1. The maximum absolute atomic E-state index is 11.5. The first kappa shape index (κ1) is 22.7. The molecule has 1 amide bonds. The number of guanidine groups is 1. The van der Waals surface area contributed by atoms with Crippen LogP contribution in [-0.2, 0) is 4.79 Å². The van der Waals surface area contributed by atoms with Gasteiger partial charge in [0.1, 0.15) is 0 Å². The zero-order valence-electron chi connectivity index (χ0n) is 16.2. The number of carbonyl (C=O) groups excluding carboxylic acids is 1. The molecule has 0 spiro atoms. The van der Waals surface area contributed by atoms with Gasteiger partial charge in [-0.25, -0.2) is 0 Å². The third-order valence-corrected chi connectivity index (χ3v) is 5.11. The van der Waals surface area contributed by atoms with Gasteiger partial charge in [0.05, 0.1) is 0 Å². The standard InChI is InChI=1S/C20H32N4O.HI/c1-16(18-7-5-4-6-8-18)9-12-23-20(22-3)24-13-10-17(11-14-24)15-19(25)21-2;/h4-8,16-17H,9-15H2,1-3H3,(H,21,25)(H,22,23);1H. The molecule has 0 radical (unpaired) electrons. The fraction of sp³-hybridized carbons (Fsp3) is 0.600.